The molecule has 1 atom stereocenters. The van der Waals surface area contributed by atoms with Crippen LogP contribution in [0.15, 0.2) is 0 Å². The first-order chi connectivity index (χ1) is 8.52. The summed E-state index contributed by atoms with van der Waals surface area (Å²) >= 11 is 0. The molecule has 0 fully saturated rings. The number of sulfonamides is 1. The molecular weight excluding hydrogens is 252 g/mol. The van der Waals surface area contributed by atoms with Gasteiger partial charge in [0.2, 0.25) is 10.0 Å². The van der Waals surface area contributed by atoms with Crippen LogP contribution in [-0.4, -0.2) is 46.5 Å². The summed E-state index contributed by atoms with van der Waals surface area (Å²) in [4.78, 5) is 0. The van der Waals surface area contributed by atoms with Crippen molar-refractivity contribution in [2.75, 3.05) is 32.1 Å². The Kier molecular flexibility index (Phi) is 10.6. The number of nitrogens with one attached hydrogen (secondary N) is 2. The zero-order valence-electron chi connectivity index (χ0n) is 11.9. The van der Waals surface area contributed by atoms with Gasteiger partial charge in [-0.15, -0.1) is 0 Å². The highest BCUT2D eigenvalue weighted by atomic mass is 32.2. The SMILES string of the molecule is CCCNCCCCS(=O)(=O)NC(C)COCC. The lowest BCUT2D eigenvalue weighted by atomic mass is 10.3. The van der Waals surface area contributed by atoms with E-state index in [2.05, 4.69) is 17.0 Å². The van der Waals surface area contributed by atoms with Crippen LogP contribution in [0.1, 0.15) is 40.0 Å². The predicted octanol–water partition coefficient (Wildman–Crippen LogP) is 1.11. The van der Waals surface area contributed by atoms with Gasteiger partial charge in [0.25, 0.3) is 0 Å². The fourth-order valence-corrected chi connectivity index (χ4v) is 2.92. The topological polar surface area (TPSA) is 67.4 Å². The highest BCUT2D eigenvalue weighted by Crippen LogP contribution is 1.96. The molecule has 0 bridgehead atoms. The van der Waals surface area contributed by atoms with E-state index in [0.29, 0.717) is 19.6 Å². The van der Waals surface area contributed by atoms with Gasteiger partial charge in [-0.05, 0) is 46.2 Å². The highest BCUT2D eigenvalue weighted by molar-refractivity contribution is 7.89. The molecule has 0 aliphatic heterocycles. The number of hydrogen-bond acceptors (Lipinski definition) is 4. The Morgan fingerprint density at radius 3 is 2.50 bits per heavy atom. The molecule has 0 aliphatic carbocycles. The van der Waals surface area contributed by atoms with E-state index in [9.17, 15) is 8.42 Å². The van der Waals surface area contributed by atoms with Crippen molar-refractivity contribution in [1.29, 1.82) is 0 Å². The first-order valence-corrected chi connectivity index (χ1v) is 8.45. The monoisotopic (exact) mass is 280 g/mol. The second-order valence-electron chi connectivity index (χ2n) is 4.45. The molecule has 0 rings (SSSR count). The zero-order chi connectivity index (χ0) is 13.9. The van der Waals surface area contributed by atoms with Crippen molar-refractivity contribution in [3.8, 4) is 0 Å². The van der Waals surface area contributed by atoms with E-state index in [1.54, 1.807) is 0 Å². The van der Waals surface area contributed by atoms with Crippen LogP contribution in [0.4, 0.5) is 0 Å². The molecule has 0 heterocycles. The van der Waals surface area contributed by atoms with Crippen LogP contribution in [0, 0.1) is 0 Å². The maximum atomic E-state index is 11.7. The molecule has 1 unspecified atom stereocenters. The van der Waals surface area contributed by atoms with Crippen molar-refractivity contribution in [2.24, 2.45) is 0 Å². The van der Waals surface area contributed by atoms with Crippen LogP contribution < -0.4 is 10.0 Å². The quantitative estimate of drug-likeness (QED) is 0.526. The number of ether oxygens (including phenoxy) is 1. The van der Waals surface area contributed by atoms with Crippen molar-refractivity contribution in [3.63, 3.8) is 0 Å². The van der Waals surface area contributed by atoms with E-state index in [4.69, 9.17) is 4.74 Å². The molecule has 0 radical (unpaired) electrons. The largest absolute Gasteiger partial charge is 0.380 e. The van der Waals surface area contributed by atoms with Gasteiger partial charge in [-0.2, -0.15) is 0 Å². The standard InChI is InChI=1S/C12H28N2O3S/c1-4-8-13-9-6-7-10-18(15,16)14-12(3)11-17-5-2/h12-14H,4-11H2,1-3H3. The molecule has 0 spiro atoms. The Morgan fingerprint density at radius 2 is 1.89 bits per heavy atom. The molecule has 2 N–H and O–H groups in total. The van der Waals surface area contributed by atoms with Gasteiger partial charge in [0, 0.05) is 12.6 Å². The van der Waals surface area contributed by atoms with E-state index >= 15 is 0 Å². The van der Waals surface area contributed by atoms with Crippen molar-refractivity contribution in [3.05, 3.63) is 0 Å². The van der Waals surface area contributed by atoms with Gasteiger partial charge in [0.15, 0.2) is 0 Å². The summed E-state index contributed by atoms with van der Waals surface area (Å²) in [6.07, 6.45) is 2.68. The van der Waals surface area contributed by atoms with Gasteiger partial charge in [0.05, 0.1) is 12.4 Å². The molecule has 0 aromatic rings. The Hall–Kier alpha value is -0.170. The summed E-state index contributed by atoms with van der Waals surface area (Å²) < 4.78 is 31.2. The fourth-order valence-electron chi connectivity index (χ4n) is 1.54. The third-order valence-electron chi connectivity index (χ3n) is 2.40. The second kappa shape index (κ2) is 10.7. The van der Waals surface area contributed by atoms with Gasteiger partial charge in [-0.3, -0.25) is 0 Å². The summed E-state index contributed by atoms with van der Waals surface area (Å²) in [7, 11) is -3.16. The summed E-state index contributed by atoms with van der Waals surface area (Å²) in [5.41, 5.74) is 0. The van der Waals surface area contributed by atoms with Crippen LogP contribution in [0.25, 0.3) is 0 Å². The van der Waals surface area contributed by atoms with Crippen LogP contribution in [0.3, 0.4) is 0 Å². The third kappa shape index (κ3) is 11.0. The van der Waals surface area contributed by atoms with Crippen LogP contribution >= 0.6 is 0 Å². The molecule has 6 heteroatoms. The average Bonchev–Trinajstić information content (AvgIpc) is 2.30. The van der Waals surface area contributed by atoms with E-state index in [1.165, 1.54) is 0 Å². The van der Waals surface area contributed by atoms with Gasteiger partial charge in [-0.1, -0.05) is 6.92 Å². The molecule has 0 aromatic heterocycles. The number of hydrogen-bond donors (Lipinski definition) is 2. The number of rotatable bonds is 12. The van der Waals surface area contributed by atoms with Crippen LogP contribution in [0.5, 0.6) is 0 Å². The lowest BCUT2D eigenvalue weighted by molar-refractivity contribution is 0.133. The Morgan fingerprint density at radius 1 is 1.17 bits per heavy atom. The average molecular weight is 280 g/mol. The summed E-state index contributed by atoms with van der Waals surface area (Å²) in [6.45, 7) is 8.73. The predicted molar refractivity (Wildman–Crippen MR) is 75.3 cm³/mol. The summed E-state index contributed by atoms with van der Waals surface area (Å²) in [5, 5.41) is 3.25. The van der Waals surface area contributed by atoms with Crippen molar-refractivity contribution in [1.82, 2.24) is 10.0 Å². The van der Waals surface area contributed by atoms with E-state index in [0.717, 1.165) is 25.9 Å². The second-order valence-corrected chi connectivity index (χ2v) is 6.33. The van der Waals surface area contributed by atoms with Crippen molar-refractivity contribution < 1.29 is 13.2 Å². The Labute approximate surface area is 112 Å². The van der Waals surface area contributed by atoms with Gasteiger partial charge in [0.1, 0.15) is 0 Å². The summed E-state index contributed by atoms with van der Waals surface area (Å²) in [5.74, 6) is 0.192. The molecular formula is C12H28N2O3S. The molecule has 0 amide bonds. The minimum atomic E-state index is -3.16. The lowest BCUT2D eigenvalue weighted by Crippen LogP contribution is -2.37. The zero-order valence-corrected chi connectivity index (χ0v) is 12.7. The highest BCUT2D eigenvalue weighted by Gasteiger charge is 2.13. The van der Waals surface area contributed by atoms with E-state index < -0.39 is 10.0 Å². The normalized spacial score (nSPS) is 13.7. The van der Waals surface area contributed by atoms with Gasteiger partial charge >= 0.3 is 0 Å². The smallest absolute Gasteiger partial charge is 0.211 e. The third-order valence-corrected chi connectivity index (χ3v) is 3.98. The van der Waals surface area contributed by atoms with Gasteiger partial charge in [-0.25, -0.2) is 13.1 Å². The minimum Gasteiger partial charge on any atom is -0.380 e. The molecule has 5 nitrogen and oxygen atoms in total. The summed E-state index contributed by atoms with van der Waals surface area (Å²) in [6, 6.07) is -0.159. The lowest BCUT2D eigenvalue weighted by Gasteiger charge is -2.13. The molecule has 110 valence electrons. The van der Waals surface area contributed by atoms with Crippen LogP contribution in [-0.2, 0) is 14.8 Å². The Bertz CT molecular complexity index is 281. The first kappa shape index (κ1) is 17.8. The van der Waals surface area contributed by atoms with Crippen molar-refractivity contribution >= 4 is 10.0 Å². The maximum Gasteiger partial charge on any atom is 0.211 e. The molecule has 0 saturated heterocycles. The molecule has 0 aliphatic rings. The number of unbranched alkanes of at least 4 members (excludes halogenated alkanes) is 1. The minimum absolute atomic E-state index is 0.159. The van der Waals surface area contributed by atoms with Crippen molar-refractivity contribution in [2.45, 2.75) is 46.1 Å². The molecule has 18 heavy (non-hydrogen) atoms. The molecule has 0 saturated carbocycles. The first-order valence-electron chi connectivity index (χ1n) is 6.80. The fraction of sp³-hybridized carbons (Fsp3) is 1.00. The Balaban J connectivity index is 3.66. The van der Waals surface area contributed by atoms with E-state index in [1.807, 2.05) is 13.8 Å². The van der Waals surface area contributed by atoms with Gasteiger partial charge < -0.3 is 10.1 Å². The molecule has 0 aromatic carbocycles. The maximum absolute atomic E-state index is 11.7. The van der Waals surface area contributed by atoms with E-state index in [-0.39, 0.29) is 11.8 Å². The van der Waals surface area contributed by atoms with Crippen LogP contribution in [0.2, 0.25) is 0 Å².